The van der Waals surface area contributed by atoms with Crippen molar-refractivity contribution in [2.45, 2.75) is 38.3 Å². The Morgan fingerprint density at radius 1 is 1.40 bits per heavy atom. The molecule has 1 aliphatic carbocycles. The van der Waals surface area contributed by atoms with Gasteiger partial charge in [-0.25, -0.2) is 4.98 Å². The third-order valence-electron chi connectivity index (χ3n) is 4.46. The molecule has 2 aliphatic rings. The van der Waals surface area contributed by atoms with Gasteiger partial charge in [-0.15, -0.1) is 11.3 Å². The summed E-state index contributed by atoms with van der Waals surface area (Å²) in [6.45, 7) is 4.66. The minimum Gasteiger partial charge on any atom is -0.316 e. The average Bonchev–Trinajstić information content (AvgIpc) is 3.11. The number of hydrogen-bond acceptors (Lipinski definition) is 4. The van der Waals surface area contributed by atoms with Crippen LogP contribution in [0.3, 0.4) is 0 Å². The molecule has 0 aromatic carbocycles. The van der Waals surface area contributed by atoms with Crippen LogP contribution in [0, 0.1) is 5.92 Å². The van der Waals surface area contributed by atoms with E-state index in [1.807, 2.05) is 0 Å². The van der Waals surface area contributed by atoms with Gasteiger partial charge in [-0.3, -0.25) is 9.30 Å². The minimum atomic E-state index is 0.816. The summed E-state index contributed by atoms with van der Waals surface area (Å²) in [6, 6.07) is 0.816. The number of hydrogen-bond donors (Lipinski definition) is 1. The van der Waals surface area contributed by atoms with Gasteiger partial charge in [0.2, 0.25) is 0 Å². The summed E-state index contributed by atoms with van der Waals surface area (Å²) in [5.74, 6) is 0.827. The summed E-state index contributed by atoms with van der Waals surface area (Å²) in [6.07, 6.45) is 9.77. The second-order valence-electron chi connectivity index (χ2n) is 6.20. The molecule has 0 bridgehead atoms. The molecule has 1 saturated carbocycles. The molecule has 2 aromatic rings. The van der Waals surface area contributed by atoms with Crippen molar-refractivity contribution in [3.8, 4) is 0 Å². The first-order valence-corrected chi connectivity index (χ1v) is 8.62. The number of piperidine rings is 1. The minimum absolute atomic E-state index is 0.816. The summed E-state index contributed by atoms with van der Waals surface area (Å²) >= 11 is 1.72. The topological polar surface area (TPSA) is 32.6 Å². The molecule has 2 aromatic heterocycles. The molecule has 1 saturated heterocycles. The van der Waals surface area contributed by atoms with E-state index in [0.29, 0.717) is 0 Å². The van der Waals surface area contributed by atoms with Crippen molar-refractivity contribution in [3.05, 3.63) is 23.5 Å². The van der Waals surface area contributed by atoms with E-state index in [1.54, 1.807) is 11.3 Å². The number of fused-ring (bicyclic) bond motifs is 1. The first kappa shape index (κ1) is 12.8. The standard InChI is InChI=1S/C15H22N4S/c1-2-12(8-16-5-1)9-19(14-3-4-14)11-13-10-18-6-7-20-15(18)17-13/h6-7,10,12,14,16H,1-5,8-9,11H2. The second-order valence-corrected chi connectivity index (χ2v) is 7.07. The lowest BCUT2D eigenvalue weighted by molar-refractivity contribution is 0.191. The maximum absolute atomic E-state index is 4.74. The average molecular weight is 290 g/mol. The fourth-order valence-electron chi connectivity index (χ4n) is 3.25. The molecule has 1 unspecified atom stereocenters. The lowest BCUT2D eigenvalue weighted by Crippen LogP contribution is -2.39. The molecule has 0 spiro atoms. The highest BCUT2D eigenvalue weighted by atomic mass is 32.1. The van der Waals surface area contributed by atoms with Gasteiger partial charge in [-0.05, 0) is 44.7 Å². The van der Waals surface area contributed by atoms with E-state index in [1.165, 1.54) is 51.0 Å². The molecular formula is C15H22N4S. The van der Waals surface area contributed by atoms with E-state index in [0.717, 1.165) is 23.5 Å². The largest absolute Gasteiger partial charge is 0.316 e. The first-order valence-electron chi connectivity index (χ1n) is 7.74. The number of aromatic nitrogens is 2. The van der Waals surface area contributed by atoms with Gasteiger partial charge < -0.3 is 5.32 Å². The number of imidazole rings is 1. The van der Waals surface area contributed by atoms with Crippen LogP contribution in [0.15, 0.2) is 17.8 Å². The van der Waals surface area contributed by atoms with Crippen molar-refractivity contribution < 1.29 is 0 Å². The Balaban J connectivity index is 1.43. The van der Waals surface area contributed by atoms with Crippen LogP contribution in [0.4, 0.5) is 0 Å². The van der Waals surface area contributed by atoms with Gasteiger partial charge in [-0.2, -0.15) is 0 Å². The van der Waals surface area contributed by atoms with Gasteiger partial charge >= 0.3 is 0 Å². The zero-order valence-electron chi connectivity index (χ0n) is 11.8. The van der Waals surface area contributed by atoms with Gasteiger partial charge in [0.25, 0.3) is 0 Å². The van der Waals surface area contributed by atoms with Crippen LogP contribution in [-0.2, 0) is 6.54 Å². The van der Waals surface area contributed by atoms with Crippen LogP contribution in [0.5, 0.6) is 0 Å². The molecule has 20 heavy (non-hydrogen) atoms. The van der Waals surface area contributed by atoms with E-state index in [9.17, 15) is 0 Å². The normalized spacial score (nSPS) is 23.8. The smallest absolute Gasteiger partial charge is 0.193 e. The molecule has 0 amide bonds. The summed E-state index contributed by atoms with van der Waals surface area (Å²) < 4.78 is 2.15. The molecule has 108 valence electrons. The first-order chi connectivity index (χ1) is 9.88. The maximum Gasteiger partial charge on any atom is 0.193 e. The quantitative estimate of drug-likeness (QED) is 0.917. The zero-order chi connectivity index (χ0) is 13.4. The van der Waals surface area contributed by atoms with Crippen LogP contribution < -0.4 is 5.32 Å². The third-order valence-corrected chi connectivity index (χ3v) is 5.23. The van der Waals surface area contributed by atoms with Crippen molar-refractivity contribution in [2.24, 2.45) is 5.92 Å². The third kappa shape index (κ3) is 2.75. The van der Waals surface area contributed by atoms with Crippen molar-refractivity contribution in [1.29, 1.82) is 0 Å². The molecule has 1 atom stereocenters. The fraction of sp³-hybridized carbons (Fsp3) is 0.667. The molecular weight excluding hydrogens is 268 g/mol. The van der Waals surface area contributed by atoms with E-state index >= 15 is 0 Å². The van der Waals surface area contributed by atoms with Crippen LogP contribution in [-0.4, -0.2) is 40.0 Å². The molecule has 0 radical (unpaired) electrons. The number of nitrogens with one attached hydrogen (secondary N) is 1. The van der Waals surface area contributed by atoms with Crippen molar-refractivity contribution in [3.63, 3.8) is 0 Å². The molecule has 5 heteroatoms. The van der Waals surface area contributed by atoms with Gasteiger partial charge in [0.1, 0.15) is 0 Å². The van der Waals surface area contributed by atoms with E-state index < -0.39 is 0 Å². The Morgan fingerprint density at radius 2 is 2.35 bits per heavy atom. The van der Waals surface area contributed by atoms with Crippen LogP contribution in [0.25, 0.3) is 4.96 Å². The SMILES string of the molecule is c1cn2cc(CN(CC3CCCNC3)C3CC3)nc2s1. The van der Waals surface area contributed by atoms with Crippen molar-refractivity contribution >= 4 is 16.3 Å². The highest BCUT2D eigenvalue weighted by molar-refractivity contribution is 7.15. The number of rotatable bonds is 5. The molecule has 1 aliphatic heterocycles. The highest BCUT2D eigenvalue weighted by Gasteiger charge is 2.31. The van der Waals surface area contributed by atoms with E-state index in [2.05, 4.69) is 32.4 Å². The highest BCUT2D eigenvalue weighted by Crippen LogP contribution is 2.30. The van der Waals surface area contributed by atoms with E-state index in [-0.39, 0.29) is 0 Å². The lowest BCUT2D eigenvalue weighted by atomic mass is 9.99. The Morgan fingerprint density at radius 3 is 3.10 bits per heavy atom. The number of thiazole rings is 1. The molecule has 1 N–H and O–H groups in total. The predicted molar refractivity (Wildman–Crippen MR) is 82.1 cm³/mol. The molecule has 4 nitrogen and oxygen atoms in total. The monoisotopic (exact) mass is 290 g/mol. The van der Waals surface area contributed by atoms with Crippen LogP contribution >= 0.6 is 11.3 Å². The van der Waals surface area contributed by atoms with Gasteiger partial charge in [0.15, 0.2) is 4.96 Å². The van der Waals surface area contributed by atoms with E-state index in [4.69, 9.17) is 4.98 Å². The van der Waals surface area contributed by atoms with Crippen LogP contribution in [0.2, 0.25) is 0 Å². The predicted octanol–water partition coefficient (Wildman–Crippen LogP) is 2.36. The van der Waals surface area contributed by atoms with Gasteiger partial charge in [0, 0.05) is 36.9 Å². The summed E-state index contributed by atoms with van der Waals surface area (Å²) in [4.78, 5) is 8.53. The van der Waals surface area contributed by atoms with Gasteiger partial charge in [0.05, 0.1) is 5.69 Å². The molecule has 4 rings (SSSR count). The molecule has 3 heterocycles. The fourth-order valence-corrected chi connectivity index (χ4v) is 3.97. The second kappa shape index (κ2) is 5.47. The van der Waals surface area contributed by atoms with Crippen molar-refractivity contribution in [1.82, 2.24) is 19.6 Å². The Hall–Kier alpha value is -0.910. The summed E-state index contributed by atoms with van der Waals surface area (Å²) in [5, 5.41) is 5.63. The maximum atomic E-state index is 4.74. The Kier molecular flexibility index (Phi) is 3.50. The summed E-state index contributed by atoms with van der Waals surface area (Å²) in [7, 11) is 0. The summed E-state index contributed by atoms with van der Waals surface area (Å²) in [5.41, 5.74) is 1.23. The zero-order valence-corrected chi connectivity index (χ0v) is 12.6. The Labute approximate surface area is 123 Å². The van der Waals surface area contributed by atoms with Crippen LogP contribution in [0.1, 0.15) is 31.4 Å². The Bertz CT molecular complexity index is 537. The lowest BCUT2D eigenvalue weighted by Gasteiger charge is -2.29. The van der Waals surface area contributed by atoms with Crippen molar-refractivity contribution in [2.75, 3.05) is 19.6 Å². The van der Waals surface area contributed by atoms with Gasteiger partial charge in [-0.1, -0.05) is 0 Å². The molecule has 2 fully saturated rings. The number of nitrogens with zero attached hydrogens (tertiary/aromatic N) is 3.